The molecule has 1 atom stereocenters. The fourth-order valence-electron chi connectivity index (χ4n) is 1.55. The molecule has 0 aliphatic rings. The first-order chi connectivity index (χ1) is 9.02. The van der Waals surface area contributed by atoms with Crippen LogP contribution in [-0.4, -0.2) is 23.5 Å². The van der Waals surface area contributed by atoms with E-state index in [2.05, 4.69) is 10.3 Å². The summed E-state index contributed by atoms with van der Waals surface area (Å²) in [6.45, 7) is 6.78. The highest BCUT2D eigenvalue weighted by atomic mass is 16.5. The van der Waals surface area contributed by atoms with E-state index in [1.165, 1.54) is 0 Å². The third kappa shape index (κ3) is 5.70. The van der Waals surface area contributed by atoms with Crippen LogP contribution in [-0.2, 0) is 11.3 Å². The molecule has 0 radical (unpaired) electrons. The van der Waals surface area contributed by atoms with Gasteiger partial charge in [-0.25, -0.2) is 4.98 Å². The number of carbonyl (C=O) groups excluding carboxylic acids is 1. The number of aromatic nitrogens is 1. The van der Waals surface area contributed by atoms with Gasteiger partial charge in [-0.3, -0.25) is 4.79 Å². The first-order valence-electron chi connectivity index (χ1n) is 6.60. The van der Waals surface area contributed by atoms with Gasteiger partial charge in [0, 0.05) is 24.7 Å². The number of ether oxygens (including phenoxy) is 1. The second-order valence-corrected chi connectivity index (χ2v) is 4.96. The maximum atomic E-state index is 11.7. The molecule has 1 aromatic rings. The van der Waals surface area contributed by atoms with Crippen molar-refractivity contribution < 1.29 is 9.53 Å². The Bertz CT molecular complexity index is 407. The number of nitrogens with zero attached hydrogens (tertiary/aromatic N) is 1. The highest BCUT2D eigenvalue weighted by molar-refractivity contribution is 5.76. The summed E-state index contributed by atoms with van der Waals surface area (Å²) in [5, 5.41) is 2.86. The van der Waals surface area contributed by atoms with E-state index in [0.717, 1.165) is 5.56 Å². The molecule has 1 aromatic heterocycles. The highest BCUT2D eigenvalue weighted by Crippen LogP contribution is 2.15. The van der Waals surface area contributed by atoms with Crippen molar-refractivity contribution in [2.45, 2.75) is 39.8 Å². The van der Waals surface area contributed by atoms with Gasteiger partial charge in [0.25, 0.3) is 0 Å². The number of nitrogens with one attached hydrogen (secondary N) is 1. The lowest BCUT2D eigenvalue weighted by Gasteiger charge is -2.14. The third-order valence-electron chi connectivity index (χ3n) is 2.61. The fourth-order valence-corrected chi connectivity index (χ4v) is 1.55. The van der Waals surface area contributed by atoms with Gasteiger partial charge in [-0.15, -0.1) is 0 Å². The van der Waals surface area contributed by atoms with E-state index >= 15 is 0 Å². The van der Waals surface area contributed by atoms with Crippen molar-refractivity contribution >= 4 is 5.91 Å². The minimum atomic E-state index is -0.00250. The first kappa shape index (κ1) is 15.4. The van der Waals surface area contributed by atoms with E-state index < -0.39 is 0 Å². The molecule has 1 rings (SSSR count). The topological polar surface area (TPSA) is 77.2 Å². The monoisotopic (exact) mass is 265 g/mol. The Morgan fingerprint density at radius 3 is 2.84 bits per heavy atom. The second kappa shape index (κ2) is 7.74. The van der Waals surface area contributed by atoms with Crippen molar-refractivity contribution in [1.29, 1.82) is 0 Å². The van der Waals surface area contributed by atoms with Crippen LogP contribution in [0.3, 0.4) is 0 Å². The molecule has 0 aliphatic heterocycles. The number of amides is 1. The summed E-state index contributed by atoms with van der Waals surface area (Å²) in [6, 6.07) is 3.73. The molecule has 0 saturated carbocycles. The quantitative estimate of drug-likeness (QED) is 0.782. The number of hydrogen-bond donors (Lipinski definition) is 2. The zero-order chi connectivity index (χ0) is 14.3. The standard InChI is InChI=1S/C14H23N3O2/c1-10(2)19-14-12(5-4-6-16-14)9-17-13(18)7-11(3)8-15/h4-6,10-11H,7-9,15H2,1-3H3,(H,17,18). The van der Waals surface area contributed by atoms with Gasteiger partial charge in [0.15, 0.2) is 0 Å². The number of nitrogens with two attached hydrogens (primary N) is 1. The van der Waals surface area contributed by atoms with Crippen LogP contribution in [0, 0.1) is 5.92 Å². The van der Waals surface area contributed by atoms with E-state index in [9.17, 15) is 4.79 Å². The van der Waals surface area contributed by atoms with Crippen LogP contribution in [0.25, 0.3) is 0 Å². The van der Waals surface area contributed by atoms with Crippen LogP contribution in [0.2, 0.25) is 0 Å². The van der Waals surface area contributed by atoms with Gasteiger partial charge in [-0.05, 0) is 32.4 Å². The smallest absolute Gasteiger partial charge is 0.220 e. The first-order valence-corrected chi connectivity index (χ1v) is 6.60. The summed E-state index contributed by atoms with van der Waals surface area (Å²) < 4.78 is 5.60. The largest absolute Gasteiger partial charge is 0.475 e. The van der Waals surface area contributed by atoms with Crippen molar-refractivity contribution in [1.82, 2.24) is 10.3 Å². The van der Waals surface area contributed by atoms with E-state index in [0.29, 0.717) is 25.4 Å². The van der Waals surface area contributed by atoms with Gasteiger partial charge in [0.1, 0.15) is 0 Å². The molecule has 0 spiro atoms. The van der Waals surface area contributed by atoms with Crippen molar-refractivity contribution in [3.05, 3.63) is 23.9 Å². The molecule has 1 heterocycles. The van der Waals surface area contributed by atoms with Crippen molar-refractivity contribution in [3.63, 3.8) is 0 Å². The minimum Gasteiger partial charge on any atom is -0.475 e. The molecule has 1 unspecified atom stereocenters. The maximum Gasteiger partial charge on any atom is 0.220 e. The fraction of sp³-hybridized carbons (Fsp3) is 0.571. The minimum absolute atomic E-state index is 0.00250. The van der Waals surface area contributed by atoms with Crippen molar-refractivity contribution in [3.8, 4) is 5.88 Å². The molecule has 0 saturated heterocycles. The van der Waals surface area contributed by atoms with Crippen LogP contribution in [0.5, 0.6) is 5.88 Å². The molecule has 5 heteroatoms. The van der Waals surface area contributed by atoms with Gasteiger partial charge in [0.05, 0.1) is 6.10 Å². The van der Waals surface area contributed by atoms with E-state index in [1.54, 1.807) is 6.20 Å². The Hall–Kier alpha value is -1.62. The molecule has 3 N–H and O–H groups in total. The predicted molar refractivity (Wildman–Crippen MR) is 74.7 cm³/mol. The Kier molecular flexibility index (Phi) is 6.29. The van der Waals surface area contributed by atoms with E-state index in [-0.39, 0.29) is 17.9 Å². The van der Waals surface area contributed by atoms with Crippen LogP contribution in [0.15, 0.2) is 18.3 Å². The molecular weight excluding hydrogens is 242 g/mol. The van der Waals surface area contributed by atoms with Crippen molar-refractivity contribution in [2.75, 3.05) is 6.54 Å². The van der Waals surface area contributed by atoms with Gasteiger partial charge < -0.3 is 15.8 Å². The van der Waals surface area contributed by atoms with Crippen LogP contribution in [0.1, 0.15) is 32.8 Å². The average Bonchev–Trinajstić information content (AvgIpc) is 2.37. The number of carbonyl (C=O) groups is 1. The molecular formula is C14H23N3O2. The molecule has 106 valence electrons. The Morgan fingerprint density at radius 1 is 1.47 bits per heavy atom. The summed E-state index contributed by atoms with van der Waals surface area (Å²) in [7, 11) is 0. The maximum absolute atomic E-state index is 11.7. The number of hydrogen-bond acceptors (Lipinski definition) is 4. The van der Waals surface area contributed by atoms with E-state index in [1.807, 2.05) is 32.9 Å². The molecule has 1 amide bonds. The predicted octanol–water partition coefficient (Wildman–Crippen LogP) is 1.47. The SMILES string of the molecule is CC(CN)CC(=O)NCc1cccnc1OC(C)C. The summed E-state index contributed by atoms with van der Waals surface area (Å²) in [4.78, 5) is 15.9. The highest BCUT2D eigenvalue weighted by Gasteiger charge is 2.10. The second-order valence-electron chi connectivity index (χ2n) is 4.96. The number of pyridine rings is 1. The Morgan fingerprint density at radius 2 is 2.21 bits per heavy atom. The summed E-state index contributed by atoms with van der Waals surface area (Å²) in [5.74, 6) is 0.766. The molecule has 19 heavy (non-hydrogen) atoms. The zero-order valence-electron chi connectivity index (χ0n) is 11.8. The lowest BCUT2D eigenvalue weighted by atomic mass is 10.1. The molecule has 0 fully saturated rings. The van der Waals surface area contributed by atoms with Gasteiger partial charge in [-0.1, -0.05) is 13.0 Å². The normalized spacial score (nSPS) is 12.3. The van der Waals surface area contributed by atoms with Gasteiger partial charge in [0.2, 0.25) is 11.8 Å². The molecule has 5 nitrogen and oxygen atoms in total. The summed E-state index contributed by atoms with van der Waals surface area (Å²) in [6.07, 6.45) is 2.18. The number of rotatable bonds is 7. The average molecular weight is 265 g/mol. The molecule has 0 aliphatic carbocycles. The zero-order valence-corrected chi connectivity index (χ0v) is 11.8. The molecule has 0 aromatic carbocycles. The van der Waals surface area contributed by atoms with Crippen LogP contribution < -0.4 is 15.8 Å². The van der Waals surface area contributed by atoms with E-state index in [4.69, 9.17) is 10.5 Å². The lowest BCUT2D eigenvalue weighted by Crippen LogP contribution is -2.27. The summed E-state index contributed by atoms with van der Waals surface area (Å²) >= 11 is 0. The molecule has 0 bridgehead atoms. The summed E-state index contributed by atoms with van der Waals surface area (Å²) in [5.41, 5.74) is 6.38. The van der Waals surface area contributed by atoms with Crippen LogP contribution in [0.4, 0.5) is 0 Å². The Labute approximate surface area is 114 Å². The van der Waals surface area contributed by atoms with Gasteiger partial charge in [-0.2, -0.15) is 0 Å². The van der Waals surface area contributed by atoms with Gasteiger partial charge >= 0.3 is 0 Å². The lowest BCUT2D eigenvalue weighted by molar-refractivity contribution is -0.122. The van der Waals surface area contributed by atoms with Crippen LogP contribution >= 0.6 is 0 Å². The Balaban J connectivity index is 2.55. The van der Waals surface area contributed by atoms with Crippen molar-refractivity contribution in [2.24, 2.45) is 11.7 Å². The third-order valence-corrected chi connectivity index (χ3v) is 2.61.